The first-order valence-electron chi connectivity index (χ1n) is 5.76. The molecular formula is C11H16BrN3O. The molecule has 0 bridgehead atoms. The predicted octanol–water partition coefficient (Wildman–Crippen LogP) is 2.09. The number of halogens is 1. The van der Waals surface area contributed by atoms with Crippen LogP contribution in [-0.4, -0.2) is 23.1 Å². The summed E-state index contributed by atoms with van der Waals surface area (Å²) < 4.78 is 0.581. The Balaban J connectivity index is 2.35. The van der Waals surface area contributed by atoms with Crippen LogP contribution in [0.15, 0.2) is 9.27 Å². The van der Waals surface area contributed by atoms with E-state index in [1.165, 1.54) is 12.8 Å². The third-order valence-electron chi connectivity index (χ3n) is 2.81. The van der Waals surface area contributed by atoms with Crippen molar-refractivity contribution in [3.05, 3.63) is 20.5 Å². The molecule has 1 saturated heterocycles. The molecule has 2 rings (SSSR count). The number of aryl methyl sites for hydroxylation is 1. The molecule has 0 amide bonds. The van der Waals surface area contributed by atoms with Crippen molar-refractivity contribution in [2.75, 3.05) is 18.0 Å². The smallest absolute Gasteiger partial charge is 0.266 e. The predicted molar refractivity (Wildman–Crippen MR) is 68.0 cm³/mol. The minimum Gasteiger partial charge on any atom is -0.342 e. The molecule has 0 saturated carbocycles. The maximum Gasteiger partial charge on any atom is 0.266 e. The van der Waals surface area contributed by atoms with Crippen LogP contribution in [0.5, 0.6) is 0 Å². The van der Waals surface area contributed by atoms with Crippen LogP contribution < -0.4 is 10.5 Å². The van der Waals surface area contributed by atoms with E-state index in [0.717, 1.165) is 37.6 Å². The van der Waals surface area contributed by atoms with Gasteiger partial charge >= 0.3 is 0 Å². The van der Waals surface area contributed by atoms with Gasteiger partial charge in [0.1, 0.15) is 4.47 Å². The van der Waals surface area contributed by atoms with Gasteiger partial charge in [-0.05, 0) is 35.2 Å². The second-order valence-electron chi connectivity index (χ2n) is 4.09. The third kappa shape index (κ3) is 2.29. The van der Waals surface area contributed by atoms with Crippen LogP contribution in [-0.2, 0) is 6.42 Å². The summed E-state index contributed by atoms with van der Waals surface area (Å²) in [5.41, 5.74) is 0.800. The van der Waals surface area contributed by atoms with E-state index in [1.807, 2.05) is 0 Å². The van der Waals surface area contributed by atoms with E-state index in [-0.39, 0.29) is 5.56 Å². The van der Waals surface area contributed by atoms with Crippen molar-refractivity contribution >= 4 is 21.9 Å². The van der Waals surface area contributed by atoms with Crippen LogP contribution in [0.3, 0.4) is 0 Å². The Morgan fingerprint density at radius 2 is 2.12 bits per heavy atom. The molecule has 5 heteroatoms. The number of hydrogen-bond donors (Lipinski definition) is 1. The number of H-pyrrole nitrogens is 1. The van der Waals surface area contributed by atoms with Gasteiger partial charge in [-0.15, -0.1) is 0 Å². The Labute approximate surface area is 103 Å². The molecule has 1 aromatic heterocycles. The van der Waals surface area contributed by atoms with Crippen LogP contribution in [0.1, 0.15) is 31.9 Å². The third-order valence-corrected chi connectivity index (χ3v) is 3.63. The van der Waals surface area contributed by atoms with Gasteiger partial charge in [0.2, 0.25) is 5.95 Å². The number of rotatable bonds is 3. The molecule has 0 spiro atoms. The van der Waals surface area contributed by atoms with E-state index in [0.29, 0.717) is 4.47 Å². The summed E-state index contributed by atoms with van der Waals surface area (Å²) in [7, 11) is 0. The zero-order chi connectivity index (χ0) is 11.5. The summed E-state index contributed by atoms with van der Waals surface area (Å²) in [6.07, 6.45) is 4.20. The normalized spacial score (nSPS) is 15.8. The molecule has 2 heterocycles. The zero-order valence-corrected chi connectivity index (χ0v) is 11.0. The van der Waals surface area contributed by atoms with Crippen molar-refractivity contribution in [2.45, 2.75) is 32.6 Å². The number of aromatic nitrogens is 2. The molecule has 1 aliphatic rings. The lowest BCUT2D eigenvalue weighted by atomic mass is 10.2. The lowest BCUT2D eigenvalue weighted by Crippen LogP contribution is -2.25. The monoisotopic (exact) mass is 285 g/mol. The van der Waals surface area contributed by atoms with Gasteiger partial charge in [-0.25, -0.2) is 4.98 Å². The van der Waals surface area contributed by atoms with Crippen molar-refractivity contribution in [2.24, 2.45) is 0 Å². The molecule has 1 N–H and O–H groups in total. The Bertz CT molecular complexity index is 424. The average molecular weight is 286 g/mol. The lowest BCUT2D eigenvalue weighted by Gasteiger charge is -2.16. The fourth-order valence-electron chi connectivity index (χ4n) is 1.97. The Morgan fingerprint density at radius 3 is 2.75 bits per heavy atom. The largest absolute Gasteiger partial charge is 0.342 e. The minimum atomic E-state index is -0.0691. The first-order chi connectivity index (χ1) is 7.72. The van der Waals surface area contributed by atoms with Crippen molar-refractivity contribution in [1.82, 2.24) is 9.97 Å². The maximum atomic E-state index is 11.7. The minimum absolute atomic E-state index is 0.0691. The van der Waals surface area contributed by atoms with Crippen LogP contribution in [0.4, 0.5) is 5.95 Å². The molecule has 88 valence electrons. The Hall–Kier alpha value is -0.840. The van der Waals surface area contributed by atoms with Gasteiger partial charge in [-0.1, -0.05) is 13.3 Å². The van der Waals surface area contributed by atoms with E-state index in [1.54, 1.807) is 0 Å². The topological polar surface area (TPSA) is 49.0 Å². The highest BCUT2D eigenvalue weighted by Gasteiger charge is 2.16. The van der Waals surface area contributed by atoms with Gasteiger partial charge in [0.15, 0.2) is 0 Å². The number of nitrogens with one attached hydrogen (secondary N) is 1. The van der Waals surface area contributed by atoms with Gasteiger partial charge in [-0.3, -0.25) is 9.78 Å². The Morgan fingerprint density at radius 1 is 1.44 bits per heavy atom. The first-order valence-corrected chi connectivity index (χ1v) is 6.55. The lowest BCUT2D eigenvalue weighted by molar-refractivity contribution is 0.823. The molecule has 1 fully saturated rings. The van der Waals surface area contributed by atoms with Crippen LogP contribution in [0.25, 0.3) is 0 Å². The SMILES string of the molecule is CCCc1nc(N2CCCC2)[nH]c(=O)c1Br. The second-order valence-corrected chi connectivity index (χ2v) is 4.89. The summed E-state index contributed by atoms with van der Waals surface area (Å²) in [4.78, 5) is 21.2. The fraction of sp³-hybridized carbons (Fsp3) is 0.636. The van der Waals surface area contributed by atoms with Crippen LogP contribution >= 0.6 is 15.9 Å². The molecule has 0 atom stereocenters. The molecule has 4 nitrogen and oxygen atoms in total. The summed E-state index contributed by atoms with van der Waals surface area (Å²) >= 11 is 3.30. The van der Waals surface area contributed by atoms with Crippen molar-refractivity contribution in [1.29, 1.82) is 0 Å². The van der Waals surface area contributed by atoms with Crippen LogP contribution in [0.2, 0.25) is 0 Å². The van der Waals surface area contributed by atoms with E-state index in [9.17, 15) is 4.79 Å². The maximum absolute atomic E-state index is 11.7. The van der Waals surface area contributed by atoms with Crippen LogP contribution in [0, 0.1) is 0 Å². The fourth-order valence-corrected chi connectivity index (χ4v) is 2.36. The summed E-state index contributed by atoms with van der Waals surface area (Å²) in [6.45, 7) is 4.08. The highest BCUT2D eigenvalue weighted by molar-refractivity contribution is 9.10. The number of hydrogen-bond acceptors (Lipinski definition) is 3. The van der Waals surface area contributed by atoms with E-state index >= 15 is 0 Å². The zero-order valence-electron chi connectivity index (χ0n) is 9.42. The second kappa shape index (κ2) is 4.99. The molecule has 16 heavy (non-hydrogen) atoms. The van der Waals surface area contributed by atoms with Gasteiger partial charge in [0, 0.05) is 13.1 Å². The molecule has 1 aliphatic heterocycles. The molecule has 0 aliphatic carbocycles. The summed E-state index contributed by atoms with van der Waals surface area (Å²) in [5.74, 6) is 0.731. The van der Waals surface area contributed by atoms with Crippen molar-refractivity contribution in [3.63, 3.8) is 0 Å². The van der Waals surface area contributed by atoms with Gasteiger partial charge < -0.3 is 4.90 Å². The highest BCUT2D eigenvalue weighted by Crippen LogP contribution is 2.18. The first kappa shape index (κ1) is 11.6. The van der Waals surface area contributed by atoms with Crippen molar-refractivity contribution < 1.29 is 0 Å². The molecular weight excluding hydrogens is 270 g/mol. The van der Waals surface area contributed by atoms with Gasteiger partial charge in [0.05, 0.1) is 5.69 Å². The average Bonchev–Trinajstić information content (AvgIpc) is 2.78. The molecule has 0 aromatic carbocycles. The van der Waals surface area contributed by atoms with E-state index in [2.05, 4.69) is 37.7 Å². The van der Waals surface area contributed by atoms with Gasteiger partial charge in [-0.2, -0.15) is 0 Å². The summed E-state index contributed by atoms with van der Waals surface area (Å²) in [5, 5.41) is 0. The summed E-state index contributed by atoms with van der Waals surface area (Å²) in [6, 6.07) is 0. The van der Waals surface area contributed by atoms with E-state index in [4.69, 9.17) is 0 Å². The van der Waals surface area contributed by atoms with Crippen molar-refractivity contribution in [3.8, 4) is 0 Å². The Kier molecular flexibility index (Phi) is 3.63. The van der Waals surface area contributed by atoms with E-state index < -0.39 is 0 Å². The highest BCUT2D eigenvalue weighted by atomic mass is 79.9. The molecule has 1 aromatic rings. The molecule has 0 radical (unpaired) electrons. The number of aromatic amines is 1. The van der Waals surface area contributed by atoms with Gasteiger partial charge in [0.25, 0.3) is 5.56 Å². The molecule has 0 unspecified atom stereocenters. The quantitative estimate of drug-likeness (QED) is 0.925. The standard InChI is InChI=1S/C11H16BrN3O/c1-2-5-8-9(12)10(16)14-11(13-8)15-6-3-4-7-15/h2-7H2,1H3,(H,13,14,16). The number of anilines is 1. The number of nitrogens with zero attached hydrogens (tertiary/aromatic N) is 2.